The van der Waals surface area contributed by atoms with E-state index in [0.717, 1.165) is 47.7 Å². The first-order chi connectivity index (χ1) is 20.6. The summed E-state index contributed by atoms with van der Waals surface area (Å²) in [5.41, 5.74) is 1.06. The third-order valence-electron chi connectivity index (χ3n) is 7.69. The van der Waals surface area contributed by atoms with Crippen LogP contribution in [0.2, 0.25) is 0 Å². The summed E-state index contributed by atoms with van der Waals surface area (Å²) in [6.07, 6.45) is 4.32. The van der Waals surface area contributed by atoms with E-state index in [1.165, 1.54) is 49.5 Å². The predicted octanol–water partition coefficient (Wildman–Crippen LogP) is 4.56. The summed E-state index contributed by atoms with van der Waals surface area (Å²) in [6.45, 7) is 1.23. The summed E-state index contributed by atoms with van der Waals surface area (Å²) < 4.78 is 53.4. The molecule has 0 aromatic heterocycles. The van der Waals surface area contributed by atoms with Gasteiger partial charge in [-0.3, -0.25) is 13.9 Å². The highest BCUT2D eigenvalue weighted by molar-refractivity contribution is 7.92. The minimum Gasteiger partial charge on any atom is -0.493 e. The first-order valence-corrected chi connectivity index (χ1v) is 15.7. The molecule has 1 unspecified atom stereocenters. The smallest absolute Gasteiger partial charge is 0.264 e. The Morgan fingerprint density at radius 1 is 0.953 bits per heavy atom. The molecule has 11 heteroatoms. The zero-order valence-corrected chi connectivity index (χ0v) is 25.5. The van der Waals surface area contributed by atoms with Gasteiger partial charge in [0.1, 0.15) is 18.4 Å². The van der Waals surface area contributed by atoms with Gasteiger partial charge in [-0.25, -0.2) is 12.8 Å². The lowest BCUT2D eigenvalue weighted by molar-refractivity contribution is -0.139. The predicted molar refractivity (Wildman–Crippen MR) is 162 cm³/mol. The lowest BCUT2D eigenvalue weighted by Crippen LogP contribution is -2.53. The molecule has 9 nitrogen and oxygen atoms in total. The van der Waals surface area contributed by atoms with E-state index in [1.807, 2.05) is 30.3 Å². The van der Waals surface area contributed by atoms with Gasteiger partial charge in [-0.1, -0.05) is 43.2 Å². The lowest BCUT2D eigenvalue weighted by atomic mass is 10.1. The fourth-order valence-electron chi connectivity index (χ4n) is 5.20. The molecule has 1 atom stereocenters. The topological polar surface area (TPSA) is 105 Å². The van der Waals surface area contributed by atoms with Gasteiger partial charge in [-0.15, -0.1) is 0 Å². The van der Waals surface area contributed by atoms with Crippen LogP contribution in [0.15, 0.2) is 77.7 Å². The Morgan fingerprint density at radius 3 is 2.23 bits per heavy atom. The van der Waals surface area contributed by atoms with Crippen molar-refractivity contribution in [1.29, 1.82) is 0 Å². The first kappa shape index (κ1) is 31.8. The van der Waals surface area contributed by atoms with Crippen LogP contribution in [-0.4, -0.2) is 64.5 Å². The summed E-state index contributed by atoms with van der Waals surface area (Å²) in [6, 6.07) is 17.7. The van der Waals surface area contributed by atoms with Crippen LogP contribution in [0.5, 0.6) is 11.5 Å². The van der Waals surface area contributed by atoms with E-state index < -0.39 is 34.3 Å². The van der Waals surface area contributed by atoms with Crippen LogP contribution < -0.4 is 19.1 Å². The van der Waals surface area contributed by atoms with Gasteiger partial charge in [-0.2, -0.15) is 0 Å². The number of methoxy groups -OCH3 is 2. The second-order valence-corrected chi connectivity index (χ2v) is 12.4. The molecule has 1 aliphatic carbocycles. The van der Waals surface area contributed by atoms with Crippen LogP contribution in [0.3, 0.4) is 0 Å². The summed E-state index contributed by atoms with van der Waals surface area (Å²) in [7, 11) is -1.54. The van der Waals surface area contributed by atoms with Crippen molar-refractivity contribution < 1.29 is 31.9 Å². The van der Waals surface area contributed by atoms with Gasteiger partial charge in [0.15, 0.2) is 11.5 Å². The molecule has 2 amide bonds. The first-order valence-electron chi connectivity index (χ1n) is 14.3. The van der Waals surface area contributed by atoms with Gasteiger partial charge in [-0.05, 0) is 68.1 Å². The Morgan fingerprint density at radius 2 is 1.60 bits per heavy atom. The van der Waals surface area contributed by atoms with Crippen molar-refractivity contribution in [3.05, 3.63) is 84.2 Å². The summed E-state index contributed by atoms with van der Waals surface area (Å²) in [5.74, 6) is -0.890. The van der Waals surface area contributed by atoms with Gasteiger partial charge in [0, 0.05) is 18.7 Å². The number of nitrogens with one attached hydrogen (secondary N) is 1. The Bertz CT molecular complexity index is 1500. The quantitative estimate of drug-likeness (QED) is 0.304. The SMILES string of the molecule is COc1ccc(S(=O)(=O)N(CC(=O)N(CCc2ccccc2)C(C)C(=O)NC2CCCC2)c2ccc(F)cc2)cc1OC. The third-order valence-corrected chi connectivity index (χ3v) is 9.46. The molecule has 0 radical (unpaired) electrons. The number of nitrogens with zero attached hydrogens (tertiary/aromatic N) is 2. The number of anilines is 1. The van der Waals surface area contributed by atoms with Gasteiger partial charge in [0.05, 0.1) is 24.8 Å². The Balaban J connectivity index is 1.67. The van der Waals surface area contributed by atoms with Crippen LogP contribution in [0, 0.1) is 5.82 Å². The molecule has 1 N–H and O–H groups in total. The van der Waals surface area contributed by atoms with Gasteiger partial charge in [0.2, 0.25) is 11.8 Å². The number of rotatable bonds is 13. The molecule has 0 saturated heterocycles. The Hall–Kier alpha value is -4.12. The molecule has 1 fully saturated rings. The van der Waals surface area contributed by atoms with Crippen molar-refractivity contribution in [2.45, 2.75) is 56.0 Å². The fourth-order valence-corrected chi connectivity index (χ4v) is 6.63. The monoisotopic (exact) mass is 611 g/mol. The molecule has 1 saturated carbocycles. The summed E-state index contributed by atoms with van der Waals surface area (Å²) >= 11 is 0. The maximum absolute atomic E-state index is 14.0. The number of hydrogen-bond donors (Lipinski definition) is 1. The van der Waals surface area contributed by atoms with Crippen LogP contribution in [0.25, 0.3) is 0 Å². The average Bonchev–Trinajstić information content (AvgIpc) is 3.53. The second-order valence-electron chi connectivity index (χ2n) is 10.5. The number of halogens is 1. The standard InChI is InChI=1S/C32H38FN3O6S/c1-23(32(38)34-26-11-7-8-12-26)35(20-19-24-9-5-4-6-10-24)31(37)22-36(27-15-13-25(33)14-16-27)43(39,40)28-17-18-29(41-2)30(21-28)42-3/h4-6,9-10,13-18,21,23,26H,7-8,11-12,19-20,22H2,1-3H3,(H,34,38). The zero-order chi connectivity index (χ0) is 31.0. The van der Waals surface area contributed by atoms with E-state index in [0.29, 0.717) is 12.2 Å². The lowest BCUT2D eigenvalue weighted by Gasteiger charge is -2.32. The molecule has 0 aliphatic heterocycles. The van der Waals surface area contributed by atoms with E-state index in [4.69, 9.17) is 9.47 Å². The van der Waals surface area contributed by atoms with Gasteiger partial charge in [0.25, 0.3) is 10.0 Å². The Kier molecular flexibility index (Phi) is 10.6. The maximum atomic E-state index is 14.0. The van der Waals surface area contributed by atoms with E-state index in [-0.39, 0.29) is 34.8 Å². The molecular formula is C32H38FN3O6S. The van der Waals surface area contributed by atoms with Crippen molar-refractivity contribution in [2.75, 3.05) is 31.6 Å². The number of amides is 2. The zero-order valence-electron chi connectivity index (χ0n) is 24.7. The molecule has 0 bridgehead atoms. The molecule has 4 rings (SSSR count). The third kappa shape index (κ3) is 7.84. The van der Waals surface area contributed by atoms with Crippen LogP contribution in [0.1, 0.15) is 38.2 Å². The van der Waals surface area contributed by atoms with Crippen molar-refractivity contribution >= 4 is 27.5 Å². The summed E-state index contributed by atoms with van der Waals surface area (Å²) in [5, 5.41) is 3.05. The molecular weight excluding hydrogens is 573 g/mol. The normalized spacial score (nSPS) is 14.1. The number of carbonyl (C=O) groups excluding carboxylic acids is 2. The van der Waals surface area contributed by atoms with Crippen LogP contribution >= 0.6 is 0 Å². The number of benzene rings is 3. The van der Waals surface area contributed by atoms with E-state index in [2.05, 4.69) is 5.32 Å². The number of hydrogen-bond acceptors (Lipinski definition) is 6. The number of ether oxygens (including phenoxy) is 2. The minimum atomic E-state index is -4.36. The molecule has 43 heavy (non-hydrogen) atoms. The molecule has 3 aromatic carbocycles. The fraction of sp³-hybridized carbons (Fsp3) is 0.375. The second kappa shape index (κ2) is 14.4. The highest BCUT2D eigenvalue weighted by atomic mass is 32.2. The number of sulfonamides is 1. The van der Waals surface area contributed by atoms with E-state index >= 15 is 0 Å². The molecule has 0 spiro atoms. The van der Waals surface area contributed by atoms with Crippen molar-refractivity contribution in [2.24, 2.45) is 0 Å². The van der Waals surface area contributed by atoms with Crippen LogP contribution in [0.4, 0.5) is 10.1 Å². The van der Waals surface area contributed by atoms with Crippen molar-refractivity contribution in [1.82, 2.24) is 10.2 Å². The molecule has 230 valence electrons. The minimum absolute atomic E-state index is 0.0576. The molecule has 3 aromatic rings. The highest BCUT2D eigenvalue weighted by Gasteiger charge is 2.33. The van der Waals surface area contributed by atoms with Crippen molar-refractivity contribution in [3.63, 3.8) is 0 Å². The van der Waals surface area contributed by atoms with Crippen molar-refractivity contribution in [3.8, 4) is 11.5 Å². The van der Waals surface area contributed by atoms with E-state index in [9.17, 15) is 22.4 Å². The van der Waals surface area contributed by atoms with Gasteiger partial charge < -0.3 is 19.7 Å². The highest BCUT2D eigenvalue weighted by Crippen LogP contribution is 2.32. The number of carbonyl (C=O) groups is 2. The summed E-state index contributed by atoms with van der Waals surface area (Å²) in [4.78, 5) is 28.6. The van der Waals surface area contributed by atoms with Crippen LogP contribution in [-0.2, 0) is 26.0 Å². The maximum Gasteiger partial charge on any atom is 0.264 e. The van der Waals surface area contributed by atoms with E-state index in [1.54, 1.807) is 6.92 Å². The molecule has 1 aliphatic rings. The molecule has 0 heterocycles. The largest absolute Gasteiger partial charge is 0.493 e. The average molecular weight is 612 g/mol. The van der Waals surface area contributed by atoms with Gasteiger partial charge >= 0.3 is 0 Å². The Labute approximate surface area is 252 Å².